The molecule has 0 bridgehead atoms. The lowest BCUT2D eigenvalue weighted by Crippen LogP contribution is -2.60. The number of pyridine rings is 1. The van der Waals surface area contributed by atoms with Crippen molar-refractivity contribution in [2.75, 3.05) is 18.8 Å². The minimum Gasteiger partial charge on any atom is -0.488 e. The van der Waals surface area contributed by atoms with Crippen LogP contribution in [0.3, 0.4) is 0 Å². The first kappa shape index (κ1) is 16.3. The number of benzene rings is 1. The minimum atomic E-state index is -0.999. The molecular formula is C18H16F2N2O2S. The quantitative estimate of drug-likeness (QED) is 0.841. The van der Waals surface area contributed by atoms with Gasteiger partial charge in [-0.3, -0.25) is 9.78 Å². The molecule has 1 aromatic heterocycles. The molecule has 25 heavy (non-hydrogen) atoms. The Morgan fingerprint density at radius 2 is 2.12 bits per heavy atom. The van der Waals surface area contributed by atoms with Gasteiger partial charge in [0.05, 0.1) is 10.9 Å². The van der Waals surface area contributed by atoms with Crippen molar-refractivity contribution in [3.8, 4) is 5.75 Å². The predicted molar refractivity (Wildman–Crippen MR) is 90.7 cm³/mol. The number of hydrogen-bond donors (Lipinski definition) is 0. The second-order valence-corrected chi connectivity index (χ2v) is 7.90. The summed E-state index contributed by atoms with van der Waals surface area (Å²) in [5.74, 6) is -0.595. The summed E-state index contributed by atoms with van der Waals surface area (Å²) in [6.45, 7) is 1.20. The zero-order valence-electron chi connectivity index (χ0n) is 13.3. The number of rotatable bonds is 3. The van der Waals surface area contributed by atoms with Crippen LogP contribution >= 0.6 is 11.8 Å². The number of halogens is 2. The van der Waals surface area contributed by atoms with Gasteiger partial charge in [0.2, 0.25) is 0 Å². The molecule has 2 aliphatic rings. The Hall–Kier alpha value is -2.15. The van der Waals surface area contributed by atoms with Crippen molar-refractivity contribution in [3.63, 3.8) is 0 Å². The van der Waals surface area contributed by atoms with Gasteiger partial charge in [-0.1, -0.05) is 0 Å². The predicted octanol–water partition coefficient (Wildman–Crippen LogP) is 3.14. The van der Waals surface area contributed by atoms with Crippen molar-refractivity contribution in [1.29, 1.82) is 0 Å². The summed E-state index contributed by atoms with van der Waals surface area (Å²) >= 11 is 1.81. The number of carbonyl (C=O) groups excluding carboxylic acids is 1. The summed E-state index contributed by atoms with van der Waals surface area (Å²) in [6.07, 6.45) is 4.34. The van der Waals surface area contributed by atoms with Gasteiger partial charge in [0, 0.05) is 37.0 Å². The van der Waals surface area contributed by atoms with Crippen LogP contribution in [0.5, 0.6) is 5.75 Å². The van der Waals surface area contributed by atoms with Crippen molar-refractivity contribution < 1.29 is 18.3 Å². The highest BCUT2D eigenvalue weighted by molar-refractivity contribution is 8.01. The number of likely N-dealkylation sites (tertiary alicyclic amines) is 1. The van der Waals surface area contributed by atoms with E-state index in [2.05, 4.69) is 4.98 Å². The fourth-order valence-electron chi connectivity index (χ4n) is 3.31. The van der Waals surface area contributed by atoms with Crippen LogP contribution < -0.4 is 4.74 Å². The second kappa shape index (κ2) is 6.29. The topological polar surface area (TPSA) is 42.4 Å². The van der Waals surface area contributed by atoms with E-state index in [1.165, 1.54) is 6.07 Å². The van der Waals surface area contributed by atoms with Gasteiger partial charge in [0.25, 0.3) is 5.91 Å². The molecule has 1 amide bonds. The molecule has 7 heteroatoms. The van der Waals surface area contributed by atoms with Gasteiger partial charge in [-0.15, -0.1) is 11.8 Å². The molecule has 1 aromatic carbocycles. The summed E-state index contributed by atoms with van der Waals surface area (Å²) in [5, 5.41) is 0. The standard InChI is InChI=1S/C18H16F2N2O2S/c19-15-4-3-12(6-16(15)20)17(23)22-10-18(11-22)7-14(9-25-18)24-13-2-1-5-21-8-13/h1-6,8,14H,7,9-11H2/t14-/m1/s1. The summed E-state index contributed by atoms with van der Waals surface area (Å²) in [5.41, 5.74) is 0.180. The number of ether oxygens (including phenoxy) is 1. The molecule has 4 rings (SSSR count). The largest absolute Gasteiger partial charge is 0.488 e. The Kier molecular flexibility index (Phi) is 4.11. The molecule has 2 fully saturated rings. The Balaban J connectivity index is 1.35. The van der Waals surface area contributed by atoms with Crippen molar-refractivity contribution >= 4 is 17.7 Å². The van der Waals surface area contributed by atoms with Crippen molar-refractivity contribution in [2.24, 2.45) is 0 Å². The number of carbonyl (C=O) groups is 1. The van der Waals surface area contributed by atoms with E-state index in [1.807, 2.05) is 23.9 Å². The summed E-state index contributed by atoms with van der Waals surface area (Å²) < 4.78 is 32.2. The van der Waals surface area contributed by atoms with Gasteiger partial charge < -0.3 is 9.64 Å². The molecule has 0 N–H and O–H groups in total. The Bertz CT molecular complexity index is 797. The first-order valence-corrected chi connectivity index (χ1v) is 8.98. The van der Waals surface area contributed by atoms with Gasteiger partial charge in [-0.25, -0.2) is 8.78 Å². The zero-order chi connectivity index (χ0) is 17.4. The van der Waals surface area contributed by atoms with Gasteiger partial charge in [-0.05, 0) is 30.3 Å². The van der Waals surface area contributed by atoms with E-state index in [0.717, 1.165) is 30.1 Å². The molecule has 3 heterocycles. The van der Waals surface area contributed by atoms with Gasteiger partial charge in [-0.2, -0.15) is 0 Å². The highest BCUT2D eigenvalue weighted by Crippen LogP contribution is 2.46. The summed E-state index contributed by atoms with van der Waals surface area (Å²) in [4.78, 5) is 18.1. The van der Waals surface area contributed by atoms with Crippen LogP contribution in [0.2, 0.25) is 0 Å². The average molecular weight is 362 g/mol. The first-order valence-electron chi connectivity index (χ1n) is 8.00. The Morgan fingerprint density at radius 1 is 1.28 bits per heavy atom. The van der Waals surface area contributed by atoms with E-state index in [1.54, 1.807) is 17.3 Å². The number of nitrogens with zero attached hydrogens (tertiary/aromatic N) is 2. The Labute approximate surface area is 148 Å². The lowest BCUT2D eigenvalue weighted by Gasteiger charge is -2.47. The smallest absolute Gasteiger partial charge is 0.254 e. The van der Waals surface area contributed by atoms with Crippen LogP contribution in [0.15, 0.2) is 42.7 Å². The molecule has 1 spiro atoms. The van der Waals surface area contributed by atoms with Crippen molar-refractivity contribution in [2.45, 2.75) is 17.3 Å². The molecular weight excluding hydrogens is 346 g/mol. The van der Waals surface area contributed by atoms with Gasteiger partial charge in [0.1, 0.15) is 11.9 Å². The lowest BCUT2D eigenvalue weighted by molar-refractivity contribution is 0.0517. The fraction of sp³-hybridized carbons (Fsp3) is 0.333. The van der Waals surface area contributed by atoms with E-state index in [4.69, 9.17) is 4.74 Å². The van der Waals surface area contributed by atoms with E-state index in [0.29, 0.717) is 13.1 Å². The molecule has 0 radical (unpaired) electrons. The molecule has 2 aromatic rings. The second-order valence-electron chi connectivity index (χ2n) is 6.42. The fourth-order valence-corrected chi connectivity index (χ4v) is 4.84. The van der Waals surface area contributed by atoms with Crippen LogP contribution in [-0.2, 0) is 0 Å². The van der Waals surface area contributed by atoms with Crippen LogP contribution in [0.25, 0.3) is 0 Å². The monoisotopic (exact) mass is 362 g/mol. The highest BCUT2D eigenvalue weighted by atomic mass is 32.2. The van der Waals surface area contributed by atoms with Gasteiger partial charge >= 0.3 is 0 Å². The van der Waals surface area contributed by atoms with Crippen molar-refractivity contribution in [1.82, 2.24) is 9.88 Å². The maximum Gasteiger partial charge on any atom is 0.254 e. The third-order valence-corrected chi connectivity index (χ3v) is 6.10. The molecule has 0 aliphatic carbocycles. The van der Waals surface area contributed by atoms with Crippen molar-refractivity contribution in [3.05, 3.63) is 59.9 Å². The molecule has 0 unspecified atom stereocenters. The summed E-state index contributed by atoms with van der Waals surface area (Å²) in [7, 11) is 0. The molecule has 1 atom stereocenters. The minimum absolute atomic E-state index is 0.00110. The first-order chi connectivity index (χ1) is 12.0. The zero-order valence-corrected chi connectivity index (χ0v) is 14.1. The van der Waals surface area contributed by atoms with Crippen LogP contribution in [0.1, 0.15) is 16.8 Å². The molecule has 130 valence electrons. The highest BCUT2D eigenvalue weighted by Gasteiger charge is 2.51. The molecule has 4 nitrogen and oxygen atoms in total. The van der Waals surface area contributed by atoms with E-state index < -0.39 is 11.6 Å². The average Bonchev–Trinajstić information content (AvgIpc) is 3.00. The maximum absolute atomic E-state index is 13.3. The van der Waals surface area contributed by atoms with E-state index in [9.17, 15) is 13.6 Å². The van der Waals surface area contributed by atoms with Crippen LogP contribution in [0, 0.1) is 11.6 Å². The normalized spacial score (nSPS) is 21.2. The SMILES string of the molecule is O=C(c1ccc(F)c(F)c1)N1CC2(C[C@@H](Oc3cccnc3)CS2)C1. The number of thioether (sulfide) groups is 1. The van der Waals surface area contributed by atoms with E-state index in [-0.39, 0.29) is 22.3 Å². The summed E-state index contributed by atoms with van der Waals surface area (Å²) in [6, 6.07) is 6.97. The molecule has 2 aliphatic heterocycles. The molecule has 0 saturated carbocycles. The number of amides is 1. The third kappa shape index (κ3) is 3.20. The van der Waals surface area contributed by atoms with Crippen LogP contribution in [-0.4, -0.2) is 45.5 Å². The maximum atomic E-state index is 13.3. The van der Waals surface area contributed by atoms with E-state index >= 15 is 0 Å². The number of hydrogen-bond acceptors (Lipinski definition) is 4. The lowest BCUT2D eigenvalue weighted by atomic mass is 9.92. The van der Waals surface area contributed by atoms with Gasteiger partial charge in [0.15, 0.2) is 11.6 Å². The number of aromatic nitrogens is 1. The Morgan fingerprint density at radius 3 is 2.84 bits per heavy atom. The third-order valence-electron chi connectivity index (χ3n) is 4.52. The molecule has 2 saturated heterocycles. The van der Waals surface area contributed by atoms with Crippen LogP contribution in [0.4, 0.5) is 8.78 Å².